The maximum Gasteiger partial charge on any atom is 0.263 e. The highest BCUT2D eigenvalue weighted by atomic mass is 35.5. The maximum atomic E-state index is 11.8. The van der Waals surface area contributed by atoms with Gasteiger partial charge in [-0.3, -0.25) is 4.79 Å². The first-order chi connectivity index (χ1) is 6.87. The molecular weight excluding hydrogens is 267 g/mol. The van der Waals surface area contributed by atoms with Crippen molar-refractivity contribution in [2.45, 2.75) is 26.3 Å². The second-order valence-corrected chi connectivity index (χ2v) is 5.36. The highest BCUT2D eigenvalue weighted by Crippen LogP contribution is 2.27. The molecule has 0 saturated carbocycles. The molecule has 3 N–H and O–H groups in total. The minimum Gasteiger partial charge on any atom is -0.345 e. The van der Waals surface area contributed by atoms with Crippen molar-refractivity contribution in [1.82, 2.24) is 5.32 Å². The monoisotopic (exact) mass is 282 g/mol. The predicted molar refractivity (Wildman–Crippen MR) is 71.9 cm³/mol. The number of carbonyl (C=O) groups is 1. The molecule has 6 heteroatoms. The Morgan fingerprint density at radius 1 is 1.62 bits per heavy atom. The van der Waals surface area contributed by atoms with Gasteiger partial charge in [-0.05, 0) is 31.7 Å². The Hall–Kier alpha value is -0.290. The topological polar surface area (TPSA) is 55.1 Å². The third kappa shape index (κ3) is 3.63. The summed E-state index contributed by atoms with van der Waals surface area (Å²) in [5.41, 5.74) is 6.06. The number of thiophene rings is 1. The number of amides is 1. The van der Waals surface area contributed by atoms with Crippen LogP contribution in [0.1, 0.15) is 29.1 Å². The zero-order chi connectivity index (χ0) is 11.6. The molecule has 0 aliphatic carbocycles. The van der Waals surface area contributed by atoms with E-state index in [4.69, 9.17) is 17.3 Å². The second-order valence-electron chi connectivity index (χ2n) is 4.10. The van der Waals surface area contributed by atoms with E-state index >= 15 is 0 Å². The Balaban J connectivity index is 0.00000225. The van der Waals surface area contributed by atoms with Crippen molar-refractivity contribution in [3.05, 3.63) is 20.8 Å². The molecule has 16 heavy (non-hydrogen) atoms. The van der Waals surface area contributed by atoms with Crippen LogP contribution in [-0.2, 0) is 0 Å². The van der Waals surface area contributed by atoms with Crippen LogP contribution in [0.3, 0.4) is 0 Å². The summed E-state index contributed by atoms with van der Waals surface area (Å²) in [6.07, 6.45) is 0. The smallest absolute Gasteiger partial charge is 0.263 e. The summed E-state index contributed by atoms with van der Waals surface area (Å²) < 4.78 is 0. The van der Waals surface area contributed by atoms with E-state index in [9.17, 15) is 4.79 Å². The Morgan fingerprint density at radius 2 is 2.19 bits per heavy atom. The van der Waals surface area contributed by atoms with Crippen molar-refractivity contribution >= 4 is 41.3 Å². The van der Waals surface area contributed by atoms with Gasteiger partial charge in [-0.15, -0.1) is 23.7 Å². The lowest BCUT2D eigenvalue weighted by atomic mass is 10.1. The first-order valence-electron chi connectivity index (χ1n) is 4.63. The molecule has 1 rings (SSSR count). The number of nitrogens with one attached hydrogen (secondary N) is 1. The third-order valence-corrected chi connectivity index (χ3v) is 3.76. The SMILES string of the molecule is Cc1csc(C(=O)NC(C)(C)CN)c1Cl.Cl. The van der Waals surface area contributed by atoms with Crippen molar-refractivity contribution in [1.29, 1.82) is 0 Å². The van der Waals surface area contributed by atoms with Crippen molar-refractivity contribution in [2.75, 3.05) is 6.54 Å². The summed E-state index contributed by atoms with van der Waals surface area (Å²) in [6, 6.07) is 0. The van der Waals surface area contributed by atoms with Crippen LogP contribution in [-0.4, -0.2) is 18.0 Å². The number of nitrogens with two attached hydrogens (primary N) is 1. The van der Waals surface area contributed by atoms with Gasteiger partial charge in [-0.1, -0.05) is 11.6 Å². The van der Waals surface area contributed by atoms with Crippen LogP contribution in [0.5, 0.6) is 0 Å². The van der Waals surface area contributed by atoms with Gasteiger partial charge in [0.1, 0.15) is 4.88 Å². The van der Waals surface area contributed by atoms with Gasteiger partial charge in [0.05, 0.1) is 5.02 Å². The van der Waals surface area contributed by atoms with E-state index in [2.05, 4.69) is 5.32 Å². The van der Waals surface area contributed by atoms with E-state index in [-0.39, 0.29) is 18.3 Å². The van der Waals surface area contributed by atoms with E-state index < -0.39 is 5.54 Å². The van der Waals surface area contributed by atoms with Crippen LogP contribution in [0.15, 0.2) is 5.38 Å². The van der Waals surface area contributed by atoms with Crippen LogP contribution < -0.4 is 11.1 Å². The highest BCUT2D eigenvalue weighted by Gasteiger charge is 2.22. The zero-order valence-corrected chi connectivity index (χ0v) is 11.9. The summed E-state index contributed by atoms with van der Waals surface area (Å²) >= 11 is 7.34. The van der Waals surface area contributed by atoms with Crippen molar-refractivity contribution in [3.8, 4) is 0 Å². The van der Waals surface area contributed by atoms with Gasteiger partial charge < -0.3 is 11.1 Å². The molecule has 1 aromatic rings. The standard InChI is InChI=1S/C10H15ClN2OS.ClH/c1-6-4-15-8(7(6)11)9(14)13-10(2,3)5-12;/h4H,5,12H2,1-3H3,(H,13,14);1H. The van der Waals surface area contributed by atoms with Gasteiger partial charge in [0.15, 0.2) is 0 Å². The molecule has 0 atom stereocenters. The molecule has 0 radical (unpaired) electrons. The van der Waals surface area contributed by atoms with Gasteiger partial charge in [0, 0.05) is 12.1 Å². The number of hydrogen-bond donors (Lipinski definition) is 2. The minimum absolute atomic E-state index is 0. The largest absolute Gasteiger partial charge is 0.345 e. The predicted octanol–water partition coefficient (Wildman–Crippen LogP) is 2.60. The Morgan fingerprint density at radius 3 is 2.56 bits per heavy atom. The molecule has 1 aromatic heterocycles. The van der Waals surface area contributed by atoms with Gasteiger partial charge in [-0.25, -0.2) is 0 Å². The minimum atomic E-state index is -0.404. The van der Waals surface area contributed by atoms with Gasteiger partial charge in [0.2, 0.25) is 0 Å². The van der Waals surface area contributed by atoms with Gasteiger partial charge >= 0.3 is 0 Å². The molecule has 0 unspecified atom stereocenters. The lowest BCUT2D eigenvalue weighted by Crippen LogP contribution is -2.48. The fraction of sp³-hybridized carbons (Fsp3) is 0.500. The molecule has 3 nitrogen and oxygen atoms in total. The normalized spacial score (nSPS) is 10.8. The van der Waals surface area contributed by atoms with E-state index in [0.717, 1.165) is 5.56 Å². The third-order valence-electron chi connectivity index (χ3n) is 2.07. The van der Waals surface area contributed by atoms with Gasteiger partial charge in [-0.2, -0.15) is 0 Å². The molecule has 0 aromatic carbocycles. The fourth-order valence-corrected chi connectivity index (χ4v) is 2.17. The summed E-state index contributed by atoms with van der Waals surface area (Å²) in [6.45, 7) is 6.02. The molecule has 0 spiro atoms. The van der Waals surface area contributed by atoms with E-state index in [1.807, 2.05) is 26.2 Å². The van der Waals surface area contributed by atoms with Crippen LogP contribution in [0.2, 0.25) is 5.02 Å². The highest BCUT2D eigenvalue weighted by molar-refractivity contribution is 7.13. The van der Waals surface area contributed by atoms with Crippen LogP contribution >= 0.6 is 35.3 Å². The molecule has 1 amide bonds. The summed E-state index contributed by atoms with van der Waals surface area (Å²) in [7, 11) is 0. The number of halogens is 2. The van der Waals surface area contributed by atoms with Crippen molar-refractivity contribution < 1.29 is 4.79 Å². The molecule has 0 bridgehead atoms. The Labute approximate surface area is 111 Å². The lowest BCUT2D eigenvalue weighted by Gasteiger charge is -2.23. The Kier molecular flexibility index (Phi) is 5.76. The first kappa shape index (κ1) is 15.7. The number of carbonyl (C=O) groups excluding carboxylic acids is 1. The zero-order valence-electron chi connectivity index (χ0n) is 9.46. The number of rotatable bonds is 3. The lowest BCUT2D eigenvalue weighted by molar-refractivity contribution is 0.0920. The maximum absolute atomic E-state index is 11.8. The quantitative estimate of drug-likeness (QED) is 0.896. The molecule has 0 fully saturated rings. The van der Waals surface area contributed by atoms with Crippen molar-refractivity contribution in [3.63, 3.8) is 0 Å². The molecule has 0 aliphatic heterocycles. The van der Waals surface area contributed by atoms with Crippen LogP contribution in [0, 0.1) is 6.92 Å². The van der Waals surface area contributed by atoms with Crippen molar-refractivity contribution in [2.24, 2.45) is 5.73 Å². The number of hydrogen-bond acceptors (Lipinski definition) is 3. The Bertz CT molecular complexity index is 377. The van der Waals surface area contributed by atoms with E-state index in [1.54, 1.807) is 0 Å². The average molecular weight is 283 g/mol. The average Bonchev–Trinajstić information content (AvgIpc) is 2.47. The molecule has 1 heterocycles. The summed E-state index contributed by atoms with van der Waals surface area (Å²) in [5, 5.41) is 5.24. The fourth-order valence-electron chi connectivity index (χ4n) is 0.998. The molecule has 0 aliphatic rings. The second kappa shape index (κ2) is 5.87. The molecular formula is C10H16Cl2N2OS. The summed E-state index contributed by atoms with van der Waals surface area (Å²) in [4.78, 5) is 12.4. The van der Waals surface area contributed by atoms with Crippen LogP contribution in [0.25, 0.3) is 0 Å². The van der Waals surface area contributed by atoms with E-state index in [0.29, 0.717) is 16.4 Å². The number of aryl methyl sites for hydroxylation is 1. The molecule has 0 saturated heterocycles. The summed E-state index contributed by atoms with van der Waals surface area (Å²) in [5.74, 6) is -0.159. The first-order valence-corrected chi connectivity index (χ1v) is 5.89. The molecule has 92 valence electrons. The van der Waals surface area contributed by atoms with E-state index in [1.165, 1.54) is 11.3 Å². The van der Waals surface area contributed by atoms with Crippen LogP contribution in [0.4, 0.5) is 0 Å². The van der Waals surface area contributed by atoms with Gasteiger partial charge in [0.25, 0.3) is 5.91 Å².